The van der Waals surface area contributed by atoms with E-state index in [0.29, 0.717) is 0 Å². The van der Waals surface area contributed by atoms with Crippen molar-refractivity contribution >= 4 is 0 Å². The van der Waals surface area contributed by atoms with Gasteiger partial charge in [0.2, 0.25) is 0 Å². The molecule has 0 spiro atoms. The first-order valence-corrected chi connectivity index (χ1v) is 7.08. The second kappa shape index (κ2) is 7.63. The molecule has 2 rings (SSSR count). The first kappa shape index (κ1) is 18.9. The van der Waals surface area contributed by atoms with Crippen molar-refractivity contribution in [3.05, 3.63) is 0 Å². The maximum Gasteiger partial charge on any atom is 0.187 e. The summed E-state index contributed by atoms with van der Waals surface area (Å²) < 4.78 is 15.1. The monoisotopic (exact) mass is 342 g/mol. The van der Waals surface area contributed by atoms with Gasteiger partial charge in [-0.15, -0.1) is 0 Å². The molecule has 23 heavy (non-hydrogen) atoms. The summed E-state index contributed by atoms with van der Waals surface area (Å²) in [7, 11) is 0. The van der Waals surface area contributed by atoms with E-state index in [4.69, 9.17) is 24.4 Å². The van der Waals surface area contributed by atoms with Gasteiger partial charge in [0.15, 0.2) is 12.6 Å². The van der Waals surface area contributed by atoms with E-state index in [2.05, 4.69) is 0 Å². The molecule has 2 fully saturated rings. The van der Waals surface area contributed by atoms with Crippen molar-refractivity contribution in [1.82, 2.24) is 0 Å². The van der Waals surface area contributed by atoms with E-state index >= 15 is 0 Å². The van der Waals surface area contributed by atoms with Gasteiger partial charge in [-0.3, -0.25) is 0 Å². The number of ether oxygens (including phenoxy) is 3. The Labute approximate surface area is 130 Å². The van der Waals surface area contributed by atoms with Crippen LogP contribution >= 0.6 is 0 Å². The molecule has 2 aliphatic rings. The van der Waals surface area contributed by atoms with Gasteiger partial charge in [-0.2, -0.15) is 0 Å². The van der Waals surface area contributed by atoms with Crippen molar-refractivity contribution < 1.29 is 55.1 Å². The predicted octanol–water partition coefficient (Wildman–Crippen LogP) is -5.40. The zero-order chi connectivity index (χ0) is 17.3. The SMILES string of the molecule is OC[C@H]1O[C@@H](O[C@@H]2[C@@H](O)[C@@H](O)O[C@H](CO)[C@H]2O)[C@H](O)[C@@H](O)[C@H]1O. The molecule has 8 N–H and O–H groups in total. The Kier molecular flexibility index (Phi) is 6.27. The fraction of sp³-hybridized carbons (Fsp3) is 1.00. The van der Waals surface area contributed by atoms with Gasteiger partial charge in [0.1, 0.15) is 48.8 Å². The third-order valence-corrected chi connectivity index (χ3v) is 3.98. The Morgan fingerprint density at radius 2 is 1.22 bits per heavy atom. The quantitative estimate of drug-likeness (QED) is 0.243. The van der Waals surface area contributed by atoms with Crippen molar-refractivity contribution in [2.24, 2.45) is 0 Å². The highest BCUT2D eigenvalue weighted by atomic mass is 16.7. The first-order chi connectivity index (χ1) is 10.8. The average molecular weight is 342 g/mol. The van der Waals surface area contributed by atoms with Crippen LogP contribution in [0.3, 0.4) is 0 Å². The van der Waals surface area contributed by atoms with Gasteiger partial charge < -0.3 is 55.1 Å². The van der Waals surface area contributed by atoms with Crippen LogP contribution in [0.1, 0.15) is 0 Å². The second-order valence-electron chi connectivity index (χ2n) is 5.53. The van der Waals surface area contributed by atoms with Crippen LogP contribution in [0, 0.1) is 0 Å². The molecular formula is C12H22O11. The fourth-order valence-electron chi connectivity index (χ4n) is 2.56. The molecule has 0 amide bonds. The molecule has 2 aliphatic heterocycles. The van der Waals surface area contributed by atoms with Crippen LogP contribution in [-0.4, -0.2) is 115 Å². The van der Waals surface area contributed by atoms with Crippen molar-refractivity contribution in [2.45, 2.75) is 61.4 Å². The maximum atomic E-state index is 10.00. The minimum absolute atomic E-state index is 0.667. The van der Waals surface area contributed by atoms with Crippen LogP contribution in [0.4, 0.5) is 0 Å². The Balaban J connectivity index is 2.11. The van der Waals surface area contributed by atoms with Crippen molar-refractivity contribution in [3.63, 3.8) is 0 Å². The van der Waals surface area contributed by atoms with E-state index in [1.54, 1.807) is 0 Å². The van der Waals surface area contributed by atoms with Crippen LogP contribution in [0.25, 0.3) is 0 Å². The normalized spacial score (nSPS) is 51.7. The summed E-state index contributed by atoms with van der Waals surface area (Å²) in [4.78, 5) is 0. The molecule has 0 aliphatic carbocycles. The molecule has 0 aromatic rings. The van der Waals surface area contributed by atoms with E-state index < -0.39 is 74.6 Å². The van der Waals surface area contributed by atoms with Crippen LogP contribution in [-0.2, 0) is 14.2 Å². The molecule has 0 unspecified atom stereocenters. The van der Waals surface area contributed by atoms with Gasteiger partial charge in [-0.1, -0.05) is 0 Å². The minimum Gasteiger partial charge on any atom is -0.394 e. The molecule has 0 bridgehead atoms. The van der Waals surface area contributed by atoms with Gasteiger partial charge in [0, 0.05) is 0 Å². The number of rotatable bonds is 4. The smallest absolute Gasteiger partial charge is 0.187 e. The summed E-state index contributed by atoms with van der Waals surface area (Å²) in [5.41, 5.74) is 0. The average Bonchev–Trinajstić information content (AvgIpc) is 2.54. The molecule has 2 saturated heterocycles. The number of aliphatic hydroxyl groups excluding tert-OH is 8. The van der Waals surface area contributed by atoms with Gasteiger partial charge in [-0.05, 0) is 0 Å². The van der Waals surface area contributed by atoms with Crippen LogP contribution < -0.4 is 0 Å². The Hall–Kier alpha value is -0.440. The molecular weight excluding hydrogens is 320 g/mol. The summed E-state index contributed by atoms with van der Waals surface area (Å²) in [5.74, 6) is 0. The van der Waals surface area contributed by atoms with Crippen LogP contribution in [0.2, 0.25) is 0 Å². The van der Waals surface area contributed by atoms with Gasteiger partial charge >= 0.3 is 0 Å². The topological polar surface area (TPSA) is 190 Å². The molecule has 2 heterocycles. The molecule has 0 aromatic carbocycles. The Morgan fingerprint density at radius 3 is 1.78 bits per heavy atom. The third-order valence-electron chi connectivity index (χ3n) is 3.98. The van der Waals surface area contributed by atoms with E-state index in [1.165, 1.54) is 0 Å². The lowest BCUT2D eigenvalue weighted by Gasteiger charge is -2.45. The molecule has 136 valence electrons. The lowest BCUT2D eigenvalue weighted by atomic mass is 9.97. The Bertz CT molecular complexity index is 380. The van der Waals surface area contributed by atoms with Crippen molar-refractivity contribution in [3.8, 4) is 0 Å². The zero-order valence-corrected chi connectivity index (χ0v) is 12.0. The molecule has 11 heteroatoms. The fourth-order valence-corrected chi connectivity index (χ4v) is 2.56. The highest BCUT2D eigenvalue weighted by Gasteiger charge is 2.50. The summed E-state index contributed by atoms with van der Waals surface area (Å²) in [6, 6.07) is 0. The van der Waals surface area contributed by atoms with Crippen molar-refractivity contribution in [2.75, 3.05) is 13.2 Å². The highest BCUT2D eigenvalue weighted by Crippen LogP contribution is 2.28. The maximum absolute atomic E-state index is 10.00. The molecule has 10 atom stereocenters. The second-order valence-corrected chi connectivity index (χ2v) is 5.53. The van der Waals surface area contributed by atoms with Crippen LogP contribution in [0.5, 0.6) is 0 Å². The largest absolute Gasteiger partial charge is 0.394 e. The van der Waals surface area contributed by atoms with E-state index in [1.807, 2.05) is 0 Å². The highest BCUT2D eigenvalue weighted by molar-refractivity contribution is 4.93. The third kappa shape index (κ3) is 3.65. The summed E-state index contributed by atoms with van der Waals surface area (Å²) >= 11 is 0. The number of aliphatic hydroxyl groups is 8. The van der Waals surface area contributed by atoms with Crippen LogP contribution in [0.15, 0.2) is 0 Å². The number of hydrogen-bond donors (Lipinski definition) is 8. The zero-order valence-electron chi connectivity index (χ0n) is 12.0. The Morgan fingerprint density at radius 1 is 0.652 bits per heavy atom. The predicted molar refractivity (Wildman–Crippen MR) is 68.6 cm³/mol. The lowest BCUT2D eigenvalue weighted by Crippen LogP contribution is -2.64. The summed E-state index contributed by atoms with van der Waals surface area (Å²) in [5, 5.41) is 76.8. The molecule has 11 nitrogen and oxygen atoms in total. The van der Waals surface area contributed by atoms with Gasteiger partial charge in [-0.25, -0.2) is 0 Å². The van der Waals surface area contributed by atoms with E-state index in [9.17, 15) is 30.6 Å². The molecule has 0 aromatic heterocycles. The standard InChI is InChI=1S/C12H22O11/c13-1-3-5(15)7(17)8(18)12(22-3)23-10-6(16)4(2-14)21-11(20)9(10)19/h3-20H,1-2H2/t3-,4-,5+,6-,7+,8-,9-,10+,11+,12+/m1/s1. The summed E-state index contributed by atoms with van der Waals surface area (Å²) in [6.07, 6.45) is -15.7. The molecule has 0 radical (unpaired) electrons. The minimum atomic E-state index is -1.76. The summed E-state index contributed by atoms with van der Waals surface area (Å²) in [6.45, 7) is -1.34. The van der Waals surface area contributed by atoms with Gasteiger partial charge in [0.25, 0.3) is 0 Å². The van der Waals surface area contributed by atoms with E-state index in [-0.39, 0.29) is 0 Å². The molecule has 0 saturated carbocycles. The lowest BCUT2D eigenvalue weighted by molar-refractivity contribution is -0.355. The van der Waals surface area contributed by atoms with Gasteiger partial charge in [0.05, 0.1) is 13.2 Å². The first-order valence-electron chi connectivity index (χ1n) is 7.08. The number of hydrogen-bond acceptors (Lipinski definition) is 11. The van der Waals surface area contributed by atoms with E-state index in [0.717, 1.165) is 0 Å². The van der Waals surface area contributed by atoms with Crippen molar-refractivity contribution in [1.29, 1.82) is 0 Å².